The fourth-order valence-electron chi connectivity index (χ4n) is 1.40. The van der Waals surface area contributed by atoms with Crippen molar-refractivity contribution in [1.29, 1.82) is 0 Å². The van der Waals surface area contributed by atoms with Gasteiger partial charge in [0.15, 0.2) is 0 Å². The van der Waals surface area contributed by atoms with E-state index in [-0.39, 0.29) is 11.5 Å². The minimum absolute atomic E-state index is 0.0200. The van der Waals surface area contributed by atoms with Gasteiger partial charge in [0.05, 0.1) is 4.47 Å². The Morgan fingerprint density at radius 1 is 1.53 bits per heavy atom. The lowest BCUT2D eigenvalue weighted by Gasteiger charge is -2.28. The zero-order valence-electron chi connectivity index (χ0n) is 9.30. The second-order valence-corrected chi connectivity index (χ2v) is 5.69. The Balaban J connectivity index is 3.14. The number of ether oxygens (including phenoxy) is 1. The van der Waals surface area contributed by atoms with E-state index in [9.17, 15) is 0 Å². The number of hydrogen-bond acceptors (Lipinski definition) is 3. The molecular weight excluding hydrogens is 276 g/mol. The van der Waals surface area contributed by atoms with Crippen molar-refractivity contribution in [3.63, 3.8) is 0 Å². The van der Waals surface area contributed by atoms with Gasteiger partial charge in [-0.3, -0.25) is 0 Å². The molecule has 0 aliphatic heterocycles. The molecule has 0 amide bonds. The first-order valence-corrected chi connectivity index (χ1v) is 5.84. The van der Waals surface area contributed by atoms with E-state index in [0.29, 0.717) is 4.64 Å². The number of nitrogens with zero attached hydrogens (tertiary/aromatic N) is 1. The summed E-state index contributed by atoms with van der Waals surface area (Å²) >= 11 is 8.44. The first kappa shape index (κ1) is 12.8. The van der Waals surface area contributed by atoms with Gasteiger partial charge in [0.2, 0.25) is 0 Å². The van der Waals surface area contributed by atoms with Crippen LogP contribution >= 0.6 is 28.1 Å². The standard InChI is InChI=1S/C10H15BrN2OS/c1-10(2,3)7(14-4)8-12-5-6(11)9(15)13-8/h5,7H,1-4H3,(H,12,13,15). The van der Waals surface area contributed by atoms with Crippen LogP contribution in [0.4, 0.5) is 0 Å². The molecule has 0 aliphatic rings. The van der Waals surface area contributed by atoms with Crippen LogP contribution < -0.4 is 0 Å². The molecule has 0 saturated heterocycles. The lowest BCUT2D eigenvalue weighted by atomic mass is 9.88. The first-order chi connectivity index (χ1) is 6.86. The minimum atomic E-state index is -0.0905. The summed E-state index contributed by atoms with van der Waals surface area (Å²) in [6.45, 7) is 6.30. The second-order valence-electron chi connectivity index (χ2n) is 4.43. The molecule has 0 fully saturated rings. The predicted octanol–water partition coefficient (Wildman–Crippen LogP) is 3.64. The highest BCUT2D eigenvalue weighted by molar-refractivity contribution is 9.10. The van der Waals surface area contributed by atoms with Crippen LogP contribution in [0.3, 0.4) is 0 Å². The Labute approximate surface area is 103 Å². The van der Waals surface area contributed by atoms with E-state index in [1.807, 2.05) is 0 Å². The van der Waals surface area contributed by atoms with E-state index in [0.717, 1.165) is 10.3 Å². The van der Waals surface area contributed by atoms with E-state index >= 15 is 0 Å². The average molecular weight is 291 g/mol. The number of H-pyrrole nitrogens is 1. The Morgan fingerprint density at radius 2 is 2.13 bits per heavy atom. The molecular formula is C10H15BrN2OS. The molecule has 0 saturated carbocycles. The van der Waals surface area contributed by atoms with Crippen LogP contribution in [0.15, 0.2) is 10.7 Å². The molecule has 0 bridgehead atoms. The Morgan fingerprint density at radius 3 is 2.53 bits per heavy atom. The smallest absolute Gasteiger partial charge is 0.136 e. The maximum atomic E-state index is 5.44. The monoisotopic (exact) mass is 290 g/mol. The van der Waals surface area contributed by atoms with Gasteiger partial charge in [-0.15, -0.1) is 0 Å². The lowest BCUT2D eigenvalue weighted by molar-refractivity contribution is 0.00854. The zero-order chi connectivity index (χ0) is 11.6. The Bertz CT molecular complexity index is 397. The van der Waals surface area contributed by atoms with Gasteiger partial charge in [-0.05, 0) is 21.3 Å². The van der Waals surface area contributed by atoms with Crippen LogP contribution in [0.2, 0.25) is 0 Å². The van der Waals surface area contributed by atoms with Gasteiger partial charge in [-0.25, -0.2) is 4.98 Å². The maximum Gasteiger partial charge on any atom is 0.136 e. The van der Waals surface area contributed by atoms with E-state index < -0.39 is 0 Å². The third-order valence-corrected chi connectivity index (χ3v) is 3.23. The number of aromatic amines is 1. The number of rotatable bonds is 2. The van der Waals surface area contributed by atoms with Crippen molar-refractivity contribution in [3.05, 3.63) is 21.1 Å². The summed E-state index contributed by atoms with van der Waals surface area (Å²) in [5, 5.41) is 0. The SMILES string of the molecule is COC(c1ncc(Br)c(=S)[nH]1)C(C)(C)C. The molecule has 0 radical (unpaired) electrons. The summed E-state index contributed by atoms with van der Waals surface area (Å²) in [6.07, 6.45) is 1.61. The fourth-order valence-corrected chi connectivity index (χ4v) is 1.76. The Hall–Kier alpha value is -0.260. The molecule has 0 aliphatic carbocycles. The van der Waals surface area contributed by atoms with Crippen LogP contribution in [0, 0.1) is 10.1 Å². The van der Waals surface area contributed by atoms with Crippen LogP contribution in [0.25, 0.3) is 0 Å². The van der Waals surface area contributed by atoms with Gasteiger partial charge in [-0.2, -0.15) is 0 Å². The third-order valence-electron chi connectivity index (χ3n) is 2.05. The van der Waals surface area contributed by atoms with Gasteiger partial charge in [0.1, 0.15) is 16.6 Å². The van der Waals surface area contributed by atoms with Crippen molar-refractivity contribution in [2.75, 3.05) is 7.11 Å². The molecule has 1 heterocycles. The van der Waals surface area contributed by atoms with Crippen LogP contribution in [-0.2, 0) is 4.74 Å². The van der Waals surface area contributed by atoms with Crippen molar-refractivity contribution in [2.24, 2.45) is 5.41 Å². The number of aromatic nitrogens is 2. The zero-order valence-corrected chi connectivity index (χ0v) is 11.7. The quantitative estimate of drug-likeness (QED) is 0.845. The summed E-state index contributed by atoms with van der Waals surface area (Å²) in [5.41, 5.74) is -0.0200. The normalized spacial score (nSPS) is 13.9. The first-order valence-electron chi connectivity index (χ1n) is 4.63. The summed E-state index contributed by atoms with van der Waals surface area (Å²) in [6, 6.07) is 0. The molecule has 1 N–H and O–H groups in total. The molecule has 3 nitrogen and oxygen atoms in total. The van der Waals surface area contributed by atoms with Crippen molar-refractivity contribution in [1.82, 2.24) is 9.97 Å². The van der Waals surface area contributed by atoms with Crippen molar-refractivity contribution in [2.45, 2.75) is 26.9 Å². The van der Waals surface area contributed by atoms with Gasteiger partial charge in [0, 0.05) is 13.3 Å². The molecule has 0 spiro atoms. The number of nitrogens with one attached hydrogen (secondary N) is 1. The van der Waals surface area contributed by atoms with Gasteiger partial charge >= 0.3 is 0 Å². The molecule has 1 rings (SSSR count). The maximum absolute atomic E-state index is 5.44. The second kappa shape index (κ2) is 4.72. The van der Waals surface area contributed by atoms with Crippen molar-refractivity contribution in [3.8, 4) is 0 Å². The van der Waals surface area contributed by atoms with E-state index in [1.54, 1.807) is 13.3 Å². The summed E-state index contributed by atoms with van der Waals surface area (Å²) in [7, 11) is 1.68. The molecule has 0 aromatic carbocycles. The van der Waals surface area contributed by atoms with Crippen LogP contribution in [-0.4, -0.2) is 17.1 Å². The molecule has 1 atom stereocenters. The molecule has 5 heteroatoms. The highest BCUT2D eigenvalue weighted by Gasteiger charge is 2.27. The number of methoxy groups -OCH3 is 1. The average Bonchev–Trinajstić information content (AvgIpc) is 2.10. The van der Waals surface area contributed by atoms with E-state index in [2.05, 4.69) is 46.7 Å². The summed E-state index contributed by atoms with van der Waals surface area (Å²) < 4.78 is 6.88. The molecule has 84 valence electrons. The highest BCUT2D eigenvalue weighted by Crippen LogP contribution is 2.33. The highest BCUT2D eigenvalue weighted by atomic mass is 79.9. The molecule has 1 aromatic rings. The summed E-state index contributed by atoms with van der Waals surface area (Å²) in [5.74, 6) is 0.762. The lowest BCUT2D eigenvalue weighted by Crippen LogP contribution is -2.22. The van der Waals surface area contributed by atoms with Gasteiger partial charge in [-0.1, -0.05) is 33.0 Å². The molecule has 15 heavy (non-hydrogen) atoms. The summed E-state index contributed by atoms with van der Waals surface area (Å²) in [4.78, 5) is 7.35. The van der Waals surface area contributed by atoms with Crippen molar-refractivity contribution < 1.29 is 4.74 Å². The van der Waals surface area contributed by atoms with Gasteiger partial charge in [0.25, 0.3) is 0 Å². The minimum Gasteiger partial charge on any atom is -0.373 e. The topological polar surface area (TPSA) is 37.9 Å². The number of hydrogen-bond donors (Lipinski definition) is 1. The largest absolute Gasteiger partial charge is 0.373 e. The van der Waals surface area contributed by atoms with E-state index in [4.69, 9.17) is 17.0 Å². The Kier molecular flexibility index (Phi) is 4.03. The predicted molar refractivity (Wildman–Crippen MR) is 66.3 cm³/mol. The number of halogens is 1. The van der Waals surface area contributed by atoms with Crippen molar-refractivity contribution >= 4 is 28.1 Å². The van der Waals surface area contributed by atoms with Gasteiger partial charge < -0.3 is 9.72 Å². The third kappa shape index (κ3) is 3.09. The molecule has 1 unspecified atom stereocenters. The van der Waals surface area contributed by atoms with Crippen LogP contribution in [0.5, 0.6) is 0 Å². The van der Waals surface area contributed by atoms with Crippen LogP contribution in [0.1, 0.15) is 32.7 Å². The molecule has 1 aromatic heterocycles. The van der Waals surface area contributed by atoms with E-state index in [1.165, 1.54) is 0 Å². The fraction of sp³-hybridized carbons (Fsp3) is 0.600.